The number of alkyl halides is 2. The SMILES string of the molecule is N#CCc1cc(N)c(C(F)F)c(CN)n1. The standard InChI is InChI=1S/C9H10F2N4/c10-9(11)8-6(14)3-5(1-2-12)15-7(8)4-13/h3,9H,1,4,13H2,(H2,14,15). The van der Waals surface area contributed by atoms with E-state index in [1.807, 2.05) is 6.07 Å². The van der Waals surface area contributed by atoms with Crippen molar-refractivity contribution in [2.45, 2.75) is 19.4 Å². The van der Waals surface area contributed by atoms with Crippen LogP contribution in [0.1, 0.15) is 23.4 Å². The van der Waals surface area contributed by atoms with E-state index in [9.17, 15) is 8.78 Å². The summed E-state index contributed by atoms with van der Waals surface area (Å²) in [6.07, 6.45) is -2.67. The summed E-state index contributed by atoms with van der Waals surface area (Å²) in [5, 5.41) is 8.44. The minimum atomic E-state index is -2.70. The van der Waals surface area contributed by atoms with Crippen molar-refractivity contribution < 1.29 is 8.78 Å². The minimum absolute atomic E-state index is 0.0285. The molecule has 0 saturated carbocycles. The average molecular weight is 212 g/mol. The molecule has 0 radical (unpaired) electrons. The third-order valence-electron chi connectivity index (χ3n) is 1.89. The molecule has 0 spiro atoms. The number of nitrogen functional groups attached to an aromatic ring is 1. The van der Waals surface area contributed by atoms with Gasteiger partial charge in [0.1, 0.15) is 0 Å². The molecule has 0 atom stereocenters. The van der Waals surface area contributed by atoms with Crippen molar-refractivity contribution in [1.29, 1.82) is 5.26 Å². The molecule has 0 aliphatic carbocycles. The molecule has 0 aromatic carbocycles. The first kappa shape index (κ1) is 11.3. The smallest absolute Gasteiger partial charge is 0.267 e. The molecule has 4 N–H and O–H groups in total. The zero-order valence-electron chi connectivity index (χ0n) is 7.87. The molecule has 0 aliphatic rings. The Morgan fingerprint density at radius 2 is 2.20 bits per heavy atom. The van der Waals surface area contributed by atoms with Crippen LogP contribution in [0.3, 0.4) is 0 Å². The molecule has 0 saturated heterocycles. The number of rotatable bonds is 3. The number of halogens is 2. The van der Waals surface area contributed by atoms with E-state index in [-0.39, 0.29) is 29.9 Å². The summed E-state index contributed by atoms with van der Waals surface area (Å²) in [6.45, 7) is -0.122. The number of nitrogens with zero attached hydrogens (tertiary/aromatic N) is 2. The summed E-state index contributed by atoms with van der Waals surface area (Å²) in [7, 11) is 0. The van der Waals surface area contributed by atoms with Gasteiger partial charge in [-0.3, -0.25) is 4.98 Å². The molecule has 0 aliphatic heterocycles. The van der Waals surface area contributed by atoms with Gasteiger partial charge in [-0.15, -0.1) is 0 Å². The lowest BCUT2D eigenvalue weighted by atomic mass is 10.1. The van der Waals surface area contributed by atoms with Crippen molar-refractivity contribution in [1.82, 2.24) is 4.98 Å². The van der Waals surface area contributed by atoms with E-state index in [0.29, 0.717) is 5.69 Å². The van der Waals surface area contributed by atoms with E-state index in [1.54, 1.807) is 0 Å². The Labute approximate surface area is 85.5 Å². The van der Waals surface area contributed by atoms with Gasteiger partial charge >= 0.3 is 0 Å². The molecule has 0 unspecified atom stereocenters. The second kappa shape index (κ2) is 4.66. The van der Waals surface area contributed by atoms with Crippen molar-refractivity contribution in [3.8, 4) is 6.07 Å². The molecule has 4 nitrogen and oxygen atoms in total. The summed E-state index contributed by atoms with van der Waals surface area (Å²) in [6, 6.07) is 3.15. The normalized spacial score (nSPS) is 10.3. The molecule has 1 rings (SSSR count). The molecular weight excluding hydrogens is 202 g/mol. The van der Waals surface area contributed by atoms with Crippen molar-refractivity contribution in [3.63, 3.8) is 0 Å². The van der Waals surface area contributed by atoms with Crippen molar-refractivity contribution in [2.24, 2.45) is 5.73 Å². The molecule has 80 valence electrons. The van der Waals surface area contributed by atoms with Crippen LogP contribution in [0.2, 0.25) is 0 Å². The molecule has 0 amide bonds. The highest BCUT2D eigenvalue weighted by Gasteiger charge is 2.18. The van der Waals surface area contributed by atoms with Crippen LogP contribution >= 0.6 is 0 Å². The second-order valence-corrected chi connectivity index (χ2v) is 2.90. The first-order chi connectivity index (χ1) is 7.10. The van der Waals surface area contributed by atoms with Crippen LogP contribution in [-0.2, 0) is 13.0 Å². The lowest BCUT2D eigenvalue weighted by Gasteiger charge is -2.10. The maximum absolute atomic E-state index is 12.6. The third-order valence-corrected chi connectivity index (χ3v) is 1.89. The first-order valence-electron chi connectivity index (χ1n) is 4.23. The van der Waals surface area contributed by atoms with Crippen LogP contribution in [0, 0.1) is 11.3 Å². The molecule has 0 fully saturated rings. The molecular formula is C9H10F2N4. The van der Waals surface area contributed by atoms with Gasteiger partial charge in [-0.2, -0.15) is 5.26 Å². The quantitative estimate of drug-likeness (QED) is 0.785. The van der Waals surface area contributed by atoms with Gasteiger partial charge in [0, 0.05) is 12.2 Å². The van der Waals surface area contributed by atoms with Gasteiger partial charge in [-0.25, -0.2) is 8.78 Å². The highest BCUT2D eigenvalue weighted by molar-refractivity contribution is 5.51. The van der Waals surface area contributed by atoms with Crippen LogP contribution in [0.25, 0.3) is 0 Å². The lowest BCUT2D eigenvalue weighted by Crippen LogP contribution is -2.10. The monoisotopic (exact) mass is 212 g/mol. The summed E-state index contributed by atoms with van der Waals surface area (Å²) in [5.74, 6) is 0. The van der Waals surface area contributed by atoms with Crippen LogP contribution in [0.5, 0.6) is 0 Å². The summed E-state index contributed by atoms with van der Waals surface area (Å²) in [5.41, 5.74) is 10.7. The molecule has 1 heterocycles. The van der Waals surface area contributed by atoms with E-state index in [2.05, 4.69) is 4.98 Å². The number of hydrogen-bond acceptors (Lipinski definition) is 4. The highest BCUT2D eigenvalue weighted by atomic mass is 19.3. The van der Waals surface area contributed by atoms with Crippen molar-refractivity contribution in [2.75, 3.05) is 5.73 Å². The second-order valence-electron chi connectivity index (χ2n) is 2.90. The van der Waals surface area contributed by atoms with Crippen LogP contribution < -0.4 is 11.5 Å². The number of hydrogen-bond donors (Lipinski definition) is 2. The van der Waals surface area contributed by atoms with E-state index in [1.165, 1.54) is 6.07 Å². The average Bonchev–Trinajstić information content (AvgIpc) is 2.16. The molecule has 1 aromatic rings. The van der Waals surface area contributed by atoms with E-state index >= 15 is 0 Å². The van der Waals surface area contributed by atoms with Crippen LogP contribution in [0.15, 0.2) is 6.07 Å². The third kappa shape index (κ3) is 2.39. The topological polar surface area (TPSA) is 88.7 Å². The number of nitrogens with two attached hydrogens (primary N) is 2. The summed E-state index contributed by atoms with van der Waals surface area (Å²) in [4.78, 5) is 3.86. The molecule has 6 heteroatoms. The van der Waals surface area contributed by atoms with E-state index in [4.69, 9.17) is 16.7 Å². The summed E-state index contributed by atoms with van der Waals surface area (Å²) >= 11 is 0. The largest absolute Gasteiger partial charge is 0.398 e. The Hall–Kier alpha value is -1.74. The Balaban J connectivity index is 3.25. The van der Waals surface area contributed by atoms with Gasteiger partial charge in [0.15, 0.2) is 0 Å². The maximum atomic E-state index is 12.6. The van der Waals surface area contributed by atoms with Crippen molar-refractivity contribution in [3.05, 3.63) is 23.0 Å². The predicted octanol–water partition coefficient (Wildman–Crippen LogP) is 1.13. The fraction of sp³-hybridized carbons (Fsp3) is 0.333. The fourth-order valence-electron chi connectivity index (χ4n) is 1.27. The Kier molecular flexibility index (Phi) is 3.52. The maximum Gasteiger partial charge on any atom is 0.267 e. The Bertz CT molecular complexity index is 398. The number of pyridine rings is 1. The predicted molar refractivity (Wildman–Crippen MR) is 50.8 cm³/mol. The van der Waals surface area contributed by atoms with Crippen LogP contribution in [0.4, 0.5) is 14.5 Å². The number of aromatic nitrogens is 1. The van der Waals surface area contributed by atoms with E-state index < -0.39 is 6.43 Å². The Morgan fingerprint density at radius 3 is 2.67 bits per heavy atom. The van der Waals surface area contributed by atoms with E-state index in [0.717, 1.165) is 0 Å². The first-order valence-corrected chi connectivity index (χ1v) is 4.23. The van der Waals surface area contributed by atoms with Gasteiger partial charge in [0.25, 0.3) is 6.43 Å². The van der Waals surface area contributed by atoms with Gasteiger partial charge in [-0.1, -0.05) is 0 Å². The molecule has 0 bridgehead atoms. The van der Waals surface area contributed by atoms with Gasteiger partial charge < -0.3 is 11.5 Å². The fourth-order valence-corrected chi connectivity index (χ4v) is 1.27. The number of anilines is 1. The number of nitriles is 1. The highest BCUT2D eigenvalue weighted by Crippen LogP contribution is 2.28. The van der Waals surface area contributed by atoms with Gasteiger partial charge in [0.2, 0.25) is 0 Å². The van der Waals surface area contributed by atoms with Gasteiger partial charge in [-0.05, 0) is 6.07 Å². The molecule has 15 heavy (non-hydrogen) atoms. The van der Waals surface area contributed by atoms with Gasteiger partial charge in [0.05, 0.1) is 29.4 Å². The summed E-state index contributed by atoms with van der Waals surface area (Å²) < 4.78 is 25.1. The minimum Gasteiger partial charge on any atom is -0.398 e. The zero-order chi connectivity index (χ0) is 11.4. The molecule has 1 aromatic heterocycles. The zero-order valence-corrected chi connectivity index (χ0v) is 7.87. The van der Waals surface area contributed by atoms with Crippen LogP contribution in [-0.4, -0.2) is 4.98 Å². The van der Waals surface area contributed by atoms with Crippen molar-refractivity contribution >= 4 is 5.69 Å². The Morgan fingerprint density at radius 1 is 1.53 bits per heavy atom. The lowest BCUT2D eigenvalue weighted by molar-refractivity contribution is 0.150.